The Morgan fingerprint density at radius 3 is 0.786 bits per heavy atom. The normalized spacial score (nSPS) is 8.64. The van der Waals surface area contributed by atoms with E-state index < -0.39 is 35.9 Å². The second kappa shape index (κ2) is 31.9. The van der Waals surface area contributed by atoms with E-state index >= 15 is 0 Å². The Morgan fingerprint density at radius 1 is 0.643 bits per heavy atom. The Bertz CT molecular complexity index is 349. The average Bonchev–Trinajstić information content (AvgIpc) is 2.44. The predicted molar refractivity (Wildman–Crippen MR) is 102 cm³/mol. The monoisotopic (exact) mass is 417 g/mol. The highest BCUT2D eigenvalue weighted by Gasteiger charge is 2.14. The van der Waals surface area contributed by atoms with Crippen LogP contribution in [0.1, 0.15) is 41.5 Å². The zero-order valence-corrected chi connectivity index (χ0v) is 17.1. The number of carboxylic acid groups (broad SMARTS) is 5. The molecule has 0 saturated heterocycles. The third kappa shape index (κ3) is 296. The molecule has 11 N–H and O–H groups in total. The van der Waals surface area contributed by atoms with Gasteiger partial charge in [-0.05, 0) is 5.92 Å². The van der Waals surface area contributed by atoms with Gasteiger partial charge in [-0.3, -0.25) is 24.0 Å². The van der Waals surface area contributed by atoms with Gasteiger partial charge in [0, 0.05) is 40.8 Å². The van der Waals surface area contributed by atoms with E-state index in [2.05, 4.69) is 0 Å². The number of nitrogens with two attached hydrogens (primary N) is 3. The molecule has 28 heavy (non-hydrogen) atoms. The number of hydrogen-bond donors (Lipinski definition) is 8. The van der Waals surface area contributed by atoms with Crippen LogP contribution in [0.3, 0.4) is 0 Å². The van der Waals surface area contributed by atoms with Gasteiger partial charge in [-0.2, -0.15) is 0 Å². The van der Waals surface area contributed by atoms with E-state index in [1.54, 1.807) is 13.8 Å². The summed E-state index contributed by atoms with van der Waals surface area (Å²) in [5.74, 6) is -4.24. The molecule has 0 radical (unpaired) electrons. The molecule has 0 aromatic heterocycles. The van der Waals surface area contributed by atoms with Gasteiger partial charge in [0.15, 0.2) is 0 Å². The van der Waals surface area contributed by atoms with Crippen LogP contribution in [0.15, 0.2) is 0 Å². The molecule has 0 spiro atoms. The highest BCUT2D eigenvalue weighted by atomic mass is 16.4. The summed E-state index contributed by atoms with van der Waals surface area (Å²) in [7, 11) is 0. The molecular weight excluding hydrogens is 382 g/mol. The van der Waals surface area contributed by atoms with Crippen LogP contribution in [0, 0.1) is 5.92 Å². The zero-order valence-electron chi connectivity index (χ0n) is 17.1. The largest absolute Gasteiger partial charge is 0.481 e. The summed E-state index contributed by atoms with van der Waals surface area (Å²) in [5, 5.41) is 37.9. The Balaban J connectivity index is -0.0000000536. The van der Waals surface area contributed by atoms with Crippen molar-refractivity contribution in [3.05, 3.63) is 0 Å². The van der Waals surface area contributed by atoms with Gasteiger partial charge in [0.1, 0.15) is 6.04 Å². The van der Waals surface area contributed by atoms with Gasteiger partial charge < -0.3 is 42.7 Å². The maximum atomic E-state index is 10.0. The van der Waals surface area contributed by atoms with Gasteiger partial charge in [0.25, 0.3) is 23.9 Å². The Morgan fingerprint density at radius 2 is 0.786 bits per heavy atom. The number of carboxylic acids is 5. The molecule has 0 unspecified atom stereocenters. The van der Waals surface area contributed by atoms with Gasteiger partial charge in [0.2, 0.25) is 0 Å². The number of carbonyl (C=O) groups is 5. The maximum absolute atomic E-state index is 10.0. The molecule has 13 nitrogen and oxygen atoms in total. The first kappa shape index (κ1) is 40.1. The van der Waals surface area contributed by atoms with Crippen molar-refractivity contribution in [3.63, 3.8) is 0 Å². The first-order valence-electron chi connectivity index (χ1n) is 7.57. The zero-order chi connectivity index (χ0) is 24.5. The van der Waals surface area contributed by atoms with Crippen molar-refractivity contribution in [2.45, 2.75) is 47.6 Å². The molecule has 1 atom stereocenters. The average molecular weight is 417 g/mol. The first-order valence-corrected chi connectivity index (χ1v) is 7.57. The smallest absolute Gasteiger partial charge is 0.320 e. The van der Waals surface area contributed by atoms with E-state index in [-0.39, 0.29) is 5.92 Å². The Kier molecular flexibility index (Phi) is 45.7. The van der Waals surface area contributed by atoms with Crippen molar-refractivity contribution in [1.29, 1.82) is 0 Å². The molecular formula is C15H35N3O10. The van der Waals surface area contributed by atoms with Crippen molar-refractivity contribution >= 4 is 29.8 Å². The third-order valence-electron chi connectivity index (χ3n) is 1.17. The maximum Gasteiger partial charge on any atom is 0.320 e. The second-order valence-electron chi connectivity index (χ2n) is 4.76. The SMILES string of the molecule is CC(=O)O.CC(=O)O.CC(=O)O.CC(=O)O.CC(C)[C@H](N)C(=O)O.NCCN. The standard InChI is InChI=1S/C5H11NO2.C2H8N2.4C2H4O2/c1-3(2)4(6)5(7)8;3-1-2-4;4*1-2(3)4/h3-4H,6H2,1-2H3,(H,7,8);1-4H2;4*1H3,(H,3,4)/t4-;;;;;/m0...../s1. The molecule has 0 heterocycles. The van der Waals surface area contributed by atoms with E-state index in [4.69, 9.17) is 61.9 Å². The lowest BCUT2D eigenvalue weighted by Crippen LogP contribution is -2.34. The molecule has 0 fully saturated rings. The molecule has 13 heteroatoms. The van der Waals surface area contributed by atoms with E-state index in [1.165, 1.54) is 0 Å². The van der Waals surface area contributed by atoms with Crippen LogP contribution in [0.25, 0.3) is 0 Å². The Labute approximate surface area is 164 Å². The van der Waals surface area contributed by atoms with Crippen LogP contribution in [0.2, 0.25) is 0 Å². The summed E-state index contributed by atoms with van der Waals surface area (Å²) in [4.78, 5) is 46.0. The first-order chi connectivity index (χ1) is 12.4. The summed E-state index contributed by atoms with van der Waals surface area (Å²) < 4.78 is 0. The van der Waals surface area contributed by atoms with Crippen LogP contribution in [-0.2, 0) is 24.0 Å². The summed E-state index contributed by atoms with van der Waals surface area (Å²) in [6, 6.07) is -0.713. The fourth-order valence-corrected chi connectivity index (χ4v) is 0.285. The molecule has 0 aromatic rings. The highest BCUT2D eigenvalue weighted by molar-refractivity contribution is 5.73. The van der Waals surface area contributed by atoms with Crippen molar-refractivity contribution in [2.24, 2.45) is 23.1 Å². The van der Waals surface area contributed by atoms with Crippen molar-refractivity contribution < 1.29 is 49.5 Å². The molecule has 0 aliphatic heterocycles. The Hall–Kier alpha value is -2.77. The predicted octanol–water partition coefficient (Wildman–Crippen LogP) is -0.678. The molecule has 0 aliphatic carbocycles. The number of aliphatic carboxylic acids is 5. The van der Waals surface area contributed by atoms with Gasteiger partial charge in [0.05, 0.1) is 0 Å². The van der Waals surface area contributed by atoms with E-state index in [9.17, 15) is 4.79 Å². The fraction of sp³-hybridized carbons (Fsp3) is 0.667. The fourth-order valence-electron chi connectivity index (χ4n) is 0.285. The second-order valence-corrected chi connectivity index (χ2v) is 4.76. The number of rotatable bonds is 3. The van der Waals surface area contributed by atoms with Gasteiger partial charge in [-0.1, -0.05) is 13.8 Å². The van der Waals surface area contributed by atoms with Crippen LogP contribution in [0.5, 0.6) is 0 Å². The summed E-state index contributed by atoms with van der Waals surface area (Å²) in [5.41, 5.74) is 15.0. The van der Waals surface area contributed by atoms with Gasteiger partial charge in [-0.25, -0.2) is 0 Å². The molecule has 0 amide bonds. The van der Waals surface area contributed by atoms with E-state index in [0.29, 0.717) is 13.1 Å². The summed E-state index contributed by atoms with van der Waals surface area (Å²) >= 11 is 0. The molecule has 0 rings (SSSR count). The van der Waals surface area contributed by atoms with Crippen LogP contribution in [-0.4, -0.2) is 74.5 Å². The molecule has 170 valence electrons. The van der Waals surface area contributed by atoms with Crippen LogP contribution < -0.4 is 17.2 Å². The minimum atomic E-state index is -0.931. The van der Waals surface area contributed by atoms with Gasteiger partial charge >= 0.3 is 5.97 Å². The number of hydrogen-bond acceptors (Lipinski definition) is 8. The molecule has 0 aromatic carbocycles. The van der Waals surface area contributed by atoms with Gasteiger partial charge in [-0.15, -0.1) is 0 Å². The minimum absolute atomic E-state index is 0.0208. The van der Waals surface area contributed by atoms with Crippen LogP contribution in [0.4, 0.5) is 0 Å². The molecule has 0 saturated carbocycles. The molecule has 0 aliphatic rings. The van der Waals surface area contributed by atoms with Crippen molar-refractivity contribution in [1.82, 2.24) is 0 Å². The summed E-state index contributed by atoms with van der Waals surface area (Å²) in [6.45, 7) is 9.08. The van der Waals surface area contributed by atoms with Crippen molar-refractivity contribution in [2.75, 3.05) is 13.1 Å². The highest BCUT2D eigenvalue weighted by Crippen LogP contribution is 1.96. The topological polar surface area (TPSA) is 265 Å². The third-order valence-corrected chi connectivity index (χ3v) is 1.17. The quantitative estimate of drug-likeness (QED) is 0.283. The lowest BCUT2D eigenvalue weighted by Gasteiger charge is -2.07. The van der Waals surface area contributed by atoms with Crippen molar-refractivity contribution in [3.8, 4) is 0 Å². The minimum Gasteiger partial charge on any atom is -0.481 e. The lowest BCUT2D eigenvalue weighted by molar-refractivity contribution is -0.140. The van der Waals surface area contributed by atoms with Crippen LogP contribution >= 0.6 is 0 Å². The molecule has 0 bridgehead atoms. The van der Waals surface area contributed by atoms with E-state index in [1.807, 2.05) is 0 Å². The van der Waals surface area contributed by atoms with E-state index in [0.717, 1.165) is 27.7 Å². The summed E-state index contributed by atoms with van der Waals surface area (Å²) in [6.07, 6.45) is 0. The lowest BCUT2D eigenvalue weighted by atomic mass is 10.1.